The molecule has 0 aliphatic carbocycles. The minimum atomic E-state index is -0.393. The summed E-state index contributed by atoms with van der Waals surface area (Å²) < 4.78 is 11.1. The summed E-state index contributed by atoms with van der Waals surface area (Å²) in [6.07, 6.45) is 1.83. The van der Waals surface area contributed by atoms with Crippen LogP contribution in [0.5, 0.6) is 5.75 Å². The fourth-order valence-corrected chi connectivity index (χ4v) is 3.70. The van der Waals surface area contributed by atoms with E-state index in [0.29, 0.717) is 54.4 Å². The zero-order valence-electron chi connectivity index (χ0n) is 19.7. The third-order valence-corrected chi connectivity index (χ3v) is 5.88. The first kappa shape index (κ1) is 25.6. The number of fused-ring (bicyclic) bond motifs is 1. The van der Waals surface area contributed by atoms with Crippen molar-refractivity contribution in [2.24, 2.45) is 5.92 Å². The summed E-state index contributed by atoms with van der Waals surface area (Å²) in [6, 6.07) is 6.13. The summed E-state index contributed by atoms with van der Waals surface area (Å²) >= 11 is 6.10. The van der Waals surface area contributed by atoms with E-state index in [1.807, 2.05) is 20.8 Å². The van der Waals surface area contributed by atoms with Gasteiger partial charge in [-0.25, -0.2) is 0 Å². The smallest absolute Gasteiger partial charge is 0.292 e. The molecule has 34 heavy (non-hydrogen) atoms. The molecule has 3 rings (SSSR count). The highest BCUT2D eigenvalue weighted by Gasteiger charge is 2.25. The van der Waals surface area contributed by atoms with Crippen LogP contribution in [0.3, 0.4) is 0 Å². The number of benzene rings is 1. The van der Waals surface area contributed by atoms with Gasteiger partial charge in [-0.05, 0) is 43.4 Å². The molecule has 2 heterocycles. The molecule has 1 aliphatic rings. The summed E-state index contributed by atoms with van der Waals surface area (Å²) in [4.78, 5) is 40.1. The van der Waals surface area contributed by atoms with Crippen molar-refractivity contribution in [1.29, 1.82) is 0 Å². The lowest BCUT2D eigenvalue weighted by atomic mass is 10.1. The van der Waals surface area contributed by atoms with Crippen molar-refractivity contribution >= 4 is 29.3 Å². The molecule has 1 aromatic carbocycles. The van der Waals surface area contributed by atoms with E-state index in [0.717, 1.165) is 0 Å². The van der Waals surface area contributed by atoms with Gasteiger partial charge in [-0.15, -0.1) is 0 Å². The van der Waals surface area contributed by atoms with Crippen LogP contribution in [0.1, 0.15) is 60.2 Å². The molecule has 1 aromatic heterocycles. The van der Waals surface area contributed by atoms with Gasteiger partial charge >= 0.3 is 0 Å². The van der Waals surface area contributed by atoms with Gasteiger partial charge in [0.1, 0.15) is 12.4 Å². The van der Waals surface area contributed by atoms with Crippen LogP contribution in [0.25, 0.3) is 0 Å². The Labute approximate surface area is 204 Å². The third kappa shape index (κ3) is 6.72. The van der Waals surface area contributed by atoms with Crippen LogP contribution in [-0.4, -0.2) is 60.1 Å². The Morgan fingerprint density at radius 3 is 2.76 bits per heavy atom. The topological polar surface area (TPSA) is 114 Å². The Morgan fingerprint density at radius 1 is 1.26 bits per heavy atom. The molecule has 184 valence electrons. The van der Waals surface area contributed by atoms with Crippen LogP contribution in [0.4, 0.5) is 0 Å². The van der Waals surface area contributed by atoms with Crippen LogP contribution >= 0.6 is 11.6 Å². The zero-order valence-corrected chi connectivity index (χ0v) is 20.5. The van der Waals surface area contributed by atoms with Crippen LogP contribution in [-0.2, 0) is 11.2 Å². The van der Waals surface area contributed by atoms with Gasteiger partial charge in [-0.3, -0.25) is 14.4 Å². The molecule has 9 nitrogen and oxygen atoms in total. The maximum Gasteiger partial charge on any atom is 0.292 e. The van der Waals surface area contributed by atoms with Gasteiger partial charge in [0.05, 0.1) is 23.8 Å². The zero-order chi connectivity index (χ0) is 24.7. The first-order chi connectivity index (χ1) is 16.3. The second-order valence-electron chi connectivity index (χ2n) is 8.60. The highest BCUT2D eigenvalue weighted by molar-refractivity contribution is 6.31. The molecular weight excluding hydrogens is 460 g/mol. The molecule has 0 radical (unpaired) electrons. The van der Waals surface area contributed by atoms with Crippen molar-refractivity contribution < 1.29 is 23.6 Å². The van der Waals surface area contributed by atoms with E-state index in [1.54, 1.807) is 24.3 Å². The summed E-state index contributed by atoms with van der Waals surface area (Å²) in [5.74, 6) is -0.437. The average Bonchev–Trinajstić information content (AvgIpc) is 3.29. The van der Waals surface area contributed by atoms with E-state index in [2.05, 4.69) is 15.8 Å². The summed E-state index contributed by atoms with van der Waals surface area (Å²) in [6.45, 7) is 6.59. The molecule has 0 saturated carbocycles. The maximum absolute atomic E-state index is 13.0. The Bertz CT molecular complexity index is 1020. The molecule has 0 saturated heterocycles. The number of aryl methyl sites for hydroxylation is 1. The first-order valence-corrected chi connectivity index (χ1v) is 11.9. The predicted molar refractivity (Wildman–Crippen MR) is 127 cm³/mol. The van der Waals surface area contributed by atoms with Gasteiger partial charge in [0, 0.05) is 24.2 Å². The minimum Gasteiger partial charge on any atom is -0.491 e. The fraction of sp³-hybridized carbons (Fsp3) is 0.500. The normalized spacial score (nSPS) is 18.3. The SMILES string of the molecule is CCc1cc(C(=O)N2CCCCNC(=O)c3cc(Cl)ccc3OC[C@H](C(C)C)NC(=O)C2)on1. The third-order valence-electron chi connectivity index (χ3n) is 5.65. The van der Waals surface area contributed by atoms with E-state index in [4.69, 9.17) is 20.9 Å². The number of ether oxygens (including phenoxy) is 1. The molecule has 0 bridgehead atoms. The van der Waals surface area contributed by atoms with E-state index < -0.39 is 5.91 Å². The fourth-order valence-electron chi connectivity index (χ4n) is 3.52. The van der Waals surface area contributed by atoms with E-state index >= 15 is 0 Å². The first-order valence-electron chi connectivity index (χ1n) is 11.5. The molecule has 1 atom stereocenters. The van der Waals surface area contributed by atoms with Gasteiger partial charge < -0.3 is 24.8 Å². The standard InChI is InChI=1S/C24H31ClN4O5/c1-4-17-12-21(34-28-17)24(32)29-10-6-5-9-26-23(31)18-11-16(25)7-8-20(18)33-14-19(15(2)3)27-22(30)13-29/h7-8,11-12,15,19H,4-6,9-10,13-14H2,1-3H3,(H,26,31)(H,27,30)/t19-/m1/s1. The number of amides is 3. The van der Waals surface area contributed by atoms with Crippen LogP contribution in [0.15, 0.2) is 28.8 Å². The summed E-state index contributed by atoms with van der Waals surface area (Å²) in [5, 5.41) is 10.1. The van der Waals surface area contributed by atoms with Crippen molar-refractivity contribution in [3.05, 3.63) is 46.3 Å². The number of halogens is 1. The second-order valence-corrected chi connectivity index (χ2v) is 9.03. The lowest BCUT2D eigenvalue weighted by molar-refractivity contribution is -0.123. The van der Waals surface area contributed by atoms with Crippen molar-refractivity contribution in [3.63, 3.8) is 0 Å². The highest BCUT2D eigenvalue weighted by atomic mass is 35.5. The van der Waals surface area contributed by atoms with Crippen LogP contribution in [0.2, 0.25) is 5.02 Å². The van der Waals surface area contributed by atoms with Crippen molar-refractivity contribution in [3.8, 4) is 5.75 Å². The van der Waals surface area contributed by atoms with Gasteiger partial charge in [-0.1, -0.05) is 37.5 Å². The van der Waals surface area contributed by atoms with Gasteiger partial charge in [0.2, 0.25) is 11.7 Å². The molecule has 0 unspecified atom stereocenters. The minimum absolute atomic E-state index is 0.0507. The molecule has 10 heteroatoms. The van der Waals surface area contributed by atoms with Crippen molar-refractivity contribution in [1.82, 2.24) is 20.7 Å². The molecule has 0 spiro atoms. The number of rotatable bonds is 3. The number of hydrogen-bond acceptors (Lipinski definition) is 6. The quantitative estimate of drug-likeness (QED) is 0.683. The largest absolute Gasteiger partial charge is 0.491 e. The molecule has 0 fully saturated rings. The van der Waals surface area contributed by atoms with Crippen LogP contribution in [0, 0.1) is 5.92 Å². The number of aromatic nitrogens is 1. The maximum atomic E-state index is 13.0. The van der Waals surface area contributed by atoms with Crippen molar-refractivity contribution in [2.45, 2.75) is 46.1 Å². The Morgan fingerprint density at radius 2 is 2.06 bits per heavy atom. The summed E-state index contributed by atoms with van der Waals surface area (Å²) in [7, 11) is 0. The average molecular weight is 491 g/mol. The van der Waals surface area contributed by atoms with Gasteiger partial charge in [0.25, 0.3) is 11.8 Å². The number of hydrogen-bond donors (Lipinski definition) is 2. The van der Waals surface area contributed by atoms with E-state index in [-0.39, 0.29) is 42.7 Å². The number of carbonyl (C=O) groups is 3. The molecular formula is C24H31ClN4O5. The highest BCUT2D eigenvalue weighted by Crippen LogP contribution is 2.24. The molecule has 1 aliphatic heterocycles. The number of carbonyl (C=O) groups excluding carboxylic acids is 3. The monoisotopic (exact) mass is 490 g/mol. The van der Waals surface area contributed by atoms with Crippen LogP contribution < -0.4 is 15.4 Å². The lowest BCUT2D eigenvalue weighted by Gasteiger charge is -2.26. The van der Waals surface area contributed by atoms with Gasteiger partial charge in [-0.2, -0.15) is 0 Å². The predicted octanol–water partition coefficient (Wildman–Crippen LogP) is 3.08. The molecule has 3 amide bonds. The second kappa shape index (κ2) is 11.9. The lowest BCUT2D eigenvalue weighted by Crippen LogP contribution is -2.48. The Kier molecular flexibility index (Phi) is 8.92. The summed E-state index contributed by atoms with van der Waals surface area (Å²) in [5.41, 5.74) is 1.01. The van der Waals surface area contributed by atoms with Gasteiger partial charge in [0.15, 0.2) is 0 Å². The number of nitrogens with one attached hydrogen (secondary N) is 2. The Hall–Kier alpha value is -3.07. The molecule has 2 aromatic rings. The van der Waals surface area contributed by atoms with E-state index in [1.165, 1.54) is 4.90 Å². The number of nitrogens with zero attached hydrogens (tertiary/aromatic N) is 2. The Balaban J connectivity index is 1.81. The molecule has 2 N–H and O–H groups in total. The van der Waals surface area contributed by atoms with E-state index in [9.17, 15) is 14.4 Å². The van der Waals surface area contributed by atoms with Crippen molar-refractivity contribution in [2.75, 3.05) is 26.2 Å².